The van der Waals surface area contributed by atoms with Crippen molar-refractivity contribution in [3.05, 3.63) is 60.0 Å². The molecule has 0 amide bonds. The van der Waals surface area contributed by atoms with Crippen LogP contribution in [0.2, 0.25) is 0 Å². The first-order chi connectivity index (χ1) is 10.1. The van der Waals surface area contributed by atoms with Crippen LogP contribution in [0.25, 0.3) is 0 Å². The van der Waals surface area contributed by atoms with Gasteiger partial charge in [0.15, 0.2) is 5.82 Å². The average Bonchev–Trinajstić information content (AvgIpc) is 2.48. The Kier molecular flexibility index (Phi) is 5.00. The lowest BCUT2D eigenvalue weighted by Crippen LogP contribution is -2.35. The molecule has 5 nitrogen and oxygen atoms in total. The molecule has 0 saturated heterocycles. The third-order valence-corrected chi connectivity index (χ3v) is 4.67. The molecule has 0 radical (unpaired) electrons. The first kappa shape index (κ1) is 15.6. The van der Waals surface area contributed by atoms with Crippen molar-refractivity contribution >= 4 is 10.0 Å². The van der Waals surface area contributed by atoms with E-state index < -0.39 is 20.9 Å². The van der Waals surface area contributed by atoms with E-state index in [1.807, 2.05) is 18.2 Å². The molecule has 1 aromatic carbocycles. The molecule has 1 heterocycles. The molecule has 2 rings (SSSR count). The average molecular weight is 309 g/mol. The second kappa shape index (κ2) is 6.75. The van der Waals surface area contributed by atoms with Crippen LogP contribution in [-0.4, -0.2) is 30.8 Å². The minimum atomic E-state index is -4.02. The van der Waals surface area contributed by atoms with E-state index in [1.165, 1.54) is 12.3 Å². The third-order valence-electron chi connectivity index (χ3n) is 2.89. The van der Waals surface area contributed by atoms with Gasteiger partial charge in [-0.25, -0.2) is 17.8 Å². The molecule has 1 aromatic heterocycles. The molecule has 0 spiro atoms. The fraction of sp³-hybridized carbons (Fsp3) is 0.214. The van der Waals surface area contributed by atoms with Gasteiger partial charge in [0, 0.05) is 25.8 Å². The maximum Gasteiger partial charge on any atom is 0.263 e. The lowest BCUT2D eigenvalue weighted by Gasteiger charge is -2.21. The SMILES string of the molecule is NCCN(Cc1ccccc1)S(=O)(=O)c1ncccc1F. The lowest BCUT2D eigenvalue weighted by atomic mass is 10.2. The molecule has 7 heteroatoms. The minimum absolute atomic E-state index is 0.0905. The highest BCUT2D eigenvalue weighted by Crippen LogP contribution is 2.18. The zero-order chi connectivity index (χ0) is 15.3. The molecule has 0 saturated carbocycles. The van der Waals surface area contributed by atoms with Crippen LogP contribution >= 0.6 is 0 Å². The van der Waals surface area contributed by atoms with Gasteiger partial charge in [0.2, 0.25) is 5.03 Å². The highest BCUT2D eigenvalue weighted by molar-refractivity contribution is 7.89. The predicted octanol–water partition coefficient (Wildman–Crippen LogP) is 1.37. The highest BCUT2D eigenvalue weighted by Gasteiger charge is 2.28. The second-order valence-corrected chi connectivity index (χ2v) is 6.26. The van der Waals surface area contributed by atoms with E-state index in [0.29, 0.717) is 0 Å². The Balaban J connectivity index is 2.35. The lowest BCUT2D eigenvalue weighted by molar-refractivity contribution is 0.407. The number of pyridine rings is 1. The molecule has 112 valence electrons. The summed E-state index contributed by atoms with van der Waals surface area (Å²) in [4.78, 5) is 3.65. The summed E-state index contributed by atoms with van der Waals surface area (Å²) < 4.78 is 39.9. The van der Waals surface area contributed by atoms with Crippen molar-refractivity contribution in [1.29, 1.82) is 0 Å². The summed E-state index contributed by atoms with van der Waals surface area (Å²) in [5.74, 6) is -0.868. The Hall–Kier alpha value is -1.83. The molecule has 2 aromatic rings. The smallest absolute Gasteiger partial charge is 0.263 e. The minimum Gasteiger partial charge on any atom is -0.329 e. The molecular weight excluding hydrogens is 293 g/mol. The molecule has 0 fully saturated rings. The third kappa shape index (κ3) is 3.63. The molecule has 0 unspecified atom stereocenters. The van der Waals surface area contributed by atoms with Crippen LogP contribution in [0.5, 0.6) is 0 Å². The quantitative estimate of drug-likeness (QED) is 0.874. The van der Waals surface area contributed by atoms with Crippen LogP contribution in [0.1, 0.15) is 5.56 Å². The molecule has 0 atom stereocenters. The highest BCUT2D eigenvalue weighted by atomic mass is 32.2. The number of nitrogens with two attached hydrogens (primary N) is 1. The number of rotatable bonds is 6. The van der Waals surface area contributed by atoms with E-state index in [0.717, 1.165) is 15.9 Å². The second-order valence-electron chi connectivity index (χ2n) is 4.40. The molecular formula is C14H16FN3O2S. The number of hydrogen-bond acceptors (Lipinski definition) is 4. The maximum atomic E-state index is 13.7. The summed E-state index contributed by atoms with van der Waals surface area (Å²) in [5.41, 5.74) is 6.27. The van der Waals surface area contributed by atoms with Gasteiger partial charge in [-0.2, -0.15) is 4.31 Å². The van der Waals surface area contributed by atoms with E-state index >= 15 is 0 Å². The number of halogens is 1. The van der Waals surface area contributed by atoms with E-state index in [4.69, 9.17) is 5.73 Å². The summed E-state index contributed by atoms with van der Waals surface area (Å²) >= 11 is 0. The van der Waals surface area contributed by atoms with Gasteiger partial charge in [-0.1, -0.05) is 30.3 Å². The molecule has 0 bridgehead atoms. The van der Waals surface area contributed by atoms with Gasteiger partial charge in [0.05, 0.1) is 0 Å². The maximum absolute atomic E-state index is 13.7. The van der Waals surface area contributed by atoms with Crippen molar-refractivity contribution in [2.45, 2.75) is 11.6 Å². The Morgan fingerprint density at radius 3 is 2.48 bits per heavy atom. The van der Waals surface area contributed by atoms with Crippen molar-refractivity contribution in [2.24, 2.45) is 5.73 Å². The summed E-state index contributed by atoms with van der Waals surface area (Å²) in [7, 11) is -4.02. The van der Waals surface area contributed by atoms with E-state index in [1.54, 1.807) is 12.1 Å². The van der Waals surface area contributed by atoms with Crippen molar-refractivity contribution in [2.75, 3.05) is 13.1 Å². The van der Waals surface area contributed by atoms with Crippen molar-refractivity contribution in [3.8, 4) is 0 Å². The molecule has 0 aliphatic rings. The van der Waals surface area contributed by atoms with Crippen molar-refractivity contribution in [3.63, 3.8) is 0 Å². The van der Waals surface area contributed by atoms with Crippen LogP contribution < -0.4 is 5.73 Å². The fourth-order valence-electron chi connectivity index (χ4n) is 1.90. The Bertz CT molecular complexity index is 692. The monoisotopic (exact) mass is 309 g/mol. The predicted molar refractivity (Wildman–Crippen MR) is 77.3 cm³/mol. The Labute approximate surface area is 123 Å². The zero-order valence-corrected chi connectivity index (χ0v) is 12.1. The number of aromatic nitrogens is 1. The van der Waals surface area contributed by atoms with Crippen LogP contribution in [0, 0.1) is 5.82 Å². The molecule has 0 aliphatic carbocycles. The van der Waals surface area contributed by atoms with Crippen molar-refractivity contribution < 1.29 is 12.8 Å². The van der Waals surface area contributed by atoms with Gasteiger partial charge < -0.3 is 5.73 Å². The Morgan fingerprint density at radius 2 is 1.86 bits per heavy atom. The normalized spacial score (nSPS) is 11.8. The van der Waals surface area contributed by atoms with Crippen LogP contribution in [0.4, 0.5) is 4.39 Å². The van der Waals surface area contributed by atoms with Gasteiger partial charge in [0.25, 0.3) is 10.0 Å². The molecule has 0 aliphatic heterocycles. The fourth-order valence-corrected chi connectivity index (χ4v) is 3.32. The van der Waals surface area contributed by atoms with Gasteiger partial charge in [-0.3, -0.25) is 0 Å². The molecule has 21 heavy (non-hydrogen) atoms. The van der Waals surface area contributed by atoms with Crippen LogP contribution in [0.3, 0.4) is 0 Å². The van der Waals surface area contributed by atoms with E-state index in [2.05, 4.69) is 4.98 Å². The summed E-state index contributed by atoms with van der Waals surface area (Å²) in [6.45, 7) is 0.351. The van der Waals surface area contributed by atoms with Gasteiger partial charge in [-0.15, -0.1) is 0 Å². The first-order valence-corrected chi connectivity index (χ1v) is 7.84. The number of sulfonamides is 1. The summed E-state index contributed by atoms with van der Waals surface area (Å²) in [5, 5.41) is -0.575. The van der Waals surface area contributed by atoms with Gasteiger partial charge >= 0.3 is 0 Å². The number of hydrogen-bond donors (Lipinski definition) is 1. The summed E-state index contributed by atoms with van der Waals surface area (Å²) in [6.07, 6.45) is 1.25. The number of nitrogens with zero attached hydrogens (tertiary/aromatic N) is 2. The van der Waals surface area contributed by atoms with Gasteiger partial charge in [0.1, 0.15) is 0 Å². The topological polar surface area (TPSA) is 76.3 Å². The van der Waals surface area contributed by atoms with Crippen LogP contribution in [-0.2, 0) is 16.6 Å². The van der Waals surface area contributed by atoms with Gasteiger partial charge in [-0.05, 0) is 17.7 Å². The zero-order valence-electron chi connectivity index (χ0n) is 11.3. The Morgan fingerprint density at radius 1 is 1.14 bits per heavy atom. The largest absolute Gasteiger partial charge is 0.329 e. The number of benzene rings is 1. The van der Waals surface area contributed by atoms with Crippen LogP contribution in [0.15, 0.2) is 53.7 Å². The van der Waals surface area contributed by atoms with E-state index in [9.17, 15) is 12.8 Å². The molecule has 2 N–H and O–H groups in total. The first-order valence-electron chi connectivity index (χ1n) is 6.40. The van der Waals surface area contributed by atoms with E-state index in [-0.39, 0.29) is 19.6 Å². The van der Waals surface area contributed by atoms with Crippen molar-refractivity contribution in [1.82, 2.24) is 9.29 Å². The standard InChI is InChI=1S/C14H16FN3O2S/c15-13-7-4-9-17-14(13)21(19,20)18(10-8-16)11-12-5-2-1-3-6-12/h1-7,9H,8,10-11,16H2. The summed E-state index contributed by atoms with van der Waals surface area (Å²) in [6, 6.07) is 11.5.